The molecule has 3 aromatic rings. The lowest BCUT2D eigenvalue weighted by Crippen LogP contribution is -2.22. The number of carbonyl (C=O) groups excluding carboxylic acids is 2. The first kappa shape index (κ1) is 20.9. The summed E-state index contributed by atoms with van der Waals surface area (Å²) >= 11 is 6.03. The summed E-state index contributed by atoms with van der Waals surface area (Å²) in [7, 11) is 0. The van der Waals surface area contributed by atoms with Crippen LogP contribution in [0.5, 0.6) is 5.75 Å². The van der Waals surface area contributed by atoms with Crippen LogP contribution in [0.4, 0.5) is 0 Å². The number of halogens is 1. The van der Waals surface area contributed by atoms with Gasteiger partial charge in [0, 0.05) is 22.6 Å². The molecule has 0 fully saturated rings. The maximum atomic E-state index is 12.7. The van der Waals surface area contributed by atoms with E-state index in [9.17, 15) is 9.59 Å². The molecular formula is C23H21ClN2O5. The van der Waals surface area contributed by atoms with Crippen molar-refractivity contribution in [2.75, 3.05) is 0 Å². The van der Waals surface area contributed by atoms with E-state index in [0.717, 1.165) is 17.5 Å². The fraction of sp³-hybridized carbons (Fsp3) is 0.261. The number of rotatable bonds is 4. The average Bonchev–Trinajstić information content (AvgIpc) is 3.32. The molecule has 1 aromatic carbocycles. The normalized spacial score (nSPS) is 14.4. The largest absolute Gasteiger partial charge is 0.469 e. The van der Waals surface area contributed by atoms with Crippen LogP contribution in [0, 0.1) is 20.8 Å². The Bertz CT molecular complexity index is 1200. The number of hydrazone groups is 1. The Morgan fingerprint density at radius 2 is 1.97 bits per heavy atom. The van der Waals surface area contributed by atoms with Crippen molar-refractivity contribution in [2.45, 2.75) is 40.0 Å². The number of nitrogens with zero attached hydrogens (tertiary/aromatic N) is 1. The third-order valence-corrected chi connectivity index (χ3v) is 5.67. The number of nitrogens with one attached hydrogen (secondary N) is 1. The molecule has 0 atom stereocenters. The summed E-state index contributed by atoms with van der Waals surface area (Å²) in [6.45, 7) is 5.33. The molecule has 0 bridgehead atoms. The zero-order valence-corrected chi connectivity index (χ0v) is 18.1. The molecular weight excluding hydrogens is 420 g/mol. The number of hydrogen-bond acceptors (Lipinski definition) is 6. The van der Waals surface area contributed by atoms with Crippen LogP contribution in [-0.4, -0.2) is 17.6 Å². The van der Waals surface area contributed by atoms with E-state index in [4.69, 9.17) is 25.2 Å². The molecule has 1 N–H and O–H groups in total. The molecule has 31 heavy (non-hydrogen) atoms. The minimum absolute atomic E-state index is 0.129. The fourth-order valence-corrected chi connectivity index (χ4v) is 3.73. The van der Waals surface area contributed by atoms with Gasteiger partial charge in [-0.1, -0.05) is 11.6 Å². The van der Waals surface area contributed by atoms with Gasteiger partial charge in [0.05, 0.1) is 17.5 Å². The number of carbonyl (C=O) groups is 2. The van der Waals surface area contributed by atoms with Gasteiger partial charge in [0.1, 0.15) is 17.3 Å². The van der Waals surface area contributed by atoms with Crippen molar-refractivity contribution < 1.29 is 23.2 Å². The Labute approximate surface area is 184 Å². The molecule has 160 valence electrons. The number of furan rings is 2. The fourth-order valence-electron chi connectivity index (χ4n) is 3.61. The molecule has 1 aliphatic carbocycles. The maximum absolute atomic E-state index is 12.7. The van der Waals surface area contributed by atoms with Gasteiger partial charge < -0.3 is 13.6 Å². The molecule has 0 saturated heterocycles. The van der Waals surface area contributed by atoms with Gasteiger partial charge in [-0.3, -0.25) is 4.79 Å². The Morgan fingerprint density at radius 3 is 2.68 bits per heavy atom. The van der Waals surface area contributed by atoms with Crippen molar-refractivity contribution >= 4 is 29.2 Å². The third kappa shape index (κ3) is 4.14. The van der Waals surface area contributed by atoms with Gasteiger partial charge in [-0.2, -0.15) is 5.10 Å². The highest BCUT2D eigenvalue weighted by Gasteiger charge is 2.29. The molecule has 4 rings (SSSR count). The second-order valence-electron chi connectivity index (χ2n) is 7.40. The smallest absolute Gasteiger partial charge is 0.379 e. The molecule has 1 amide bonds. The Kier molecular flexibility index (Phi) is 5.69. The lowest BCUT2D eigenvalue weighted by molar-refractivity contribution is 0.0698. The standard InChI is InChI=1S/C23H21ClN2O5/c1-12-11-15(7-8-17(12)24)30-23(28)21-13(2)20-18(5-4-6-19(20)31-21)25-26-22(27)16-9-10-29-14(16)3/h7-11H,4-6H2,1-3H3,(H,26,27)/b25-18+. The van der Waals surface area contributed by atoms with Crippen LogP contribution >= 0.6 is 11.6 Å². The van der Waals surface area contributed by atoms with Crippen molar-refractivity contribution in [3.05, 3.63) is 75.1 Å². The van der Waals surface area contributed by atoms with Crippen LogP contribution in [0.1, 0.15) is 62.0 Å². The summed E-state index contributed by atoms with van der Waals surface area (Å²) in [5, 5.41) is 4.90. The first-order valence-electron chi connectivity index (χ1n) is 9.87. The predicted octanol–water partition coefficient (Wildman–Crippen LogP) is 5.14. The van der Waals surface area contributed by atoms with Gasteiger partial charge in [-0.15, -0.1) is 0 Å². The van der Waals surface area contributed by atoms with Gasteiger partial charge in [-0.05, 0) is 63.4 Å². The summed E-state index contributed by atoms with van der Waals surface area (Å²) in [6.07, 6.45) is 3.58. The molecule has 0 unspecified atom stereocenters. The monoisotopic (exact) mass is 440 g/mol. The van der Waals surface area contributed by atoms with E-state index in [1.807, 2.05) is 6.92 Å². The SMILES string of the molecule is Cc1cc(OC(=O)c2oc3c(c2C)/C(=N/NC(=O)c2ccoc2C)CCC3)ccc1Cl. The highest BCUT2D eigenvalue weighted by atomic mass is 35.5. The average molecular weight is 441 g/mol. The van der Waals surface area contributed by atoms with E-state index in [0.29, 0.717) is 52.0 Å². The number of hydrogen-bond donors (Lipinski definition) is 1. The minimum Gasteiger partial charge on any atom is -0.469 e. The number of esters is 1. The van der Waals surface area contributed by atoms with Crippen LogP contribution in [0.2, 0.25) is 5.02 Å². The molecule has 1 aliphatic rings. The van der Waals surface area contributed by atoms with Crippen molar-refractivity contribution in [2.24, 2.45) is 5.10 Å². The Hall–Kier alpha value is -3.32. The zero-order valence-electron chi connectivity index (χ0n) is 17.4. The molecule has 0 spiro atoms. The zero-order chi connectivity index (χ0) is 22.1. The van der Waals surface area contributed by atoms with Crippen LogP contribution in [0.3, 0.4) is 0 Å². The lowest BCUT2D eigenvalue weighted by atomic mass is 9.93. The van der Waals surface area contributed by atoms with Crippen LogP contribution in [-0.2, 0) is 6.42 Å². The number of fused-ring (bicyclic) bond motifs is 1. The molecule has 0 radical (unpaired) electrons. The number of benzene rings is 1. The topological polar surface area (TPSA) is 94.0 Å². The van der Waals surface area contributed by atoms with E-state index in [1.165, 1.54) is 6.26 Å². The van der Waals surface area contributed by atoms with Crippen molar-refractivity contribution in [1.82, 2.24) is 5.43 Å². The molecule has 7 nitrogen and oxygen atoms in total. The van der Waals surface area contributed by atoms with Gasteiger partial charge in [0.15, 0.2) is 0 Å². The molecule has 8 heteroatoms. The van der Waals surface area contributed by atoms with E-state index >= 15 is 0 Å². The second-order valence-corrected chi connectivity index (χ2v) is 7.81. The first-order valence-corrected chi connectivity index (χ1v) is 10.2. The summed E-state index contributed by atoms with van der Waals surface area (Å²) in [4.78, 5) is 25.1. The summed E-state index contributed by atoms with van der Waals surface area (Å²) in [5.74, 6) is 0.747. The van der Waals surface area contributed by atoms with E-state index < -0.39 is 5.97 Å². The van der Waals surface area contributed by atoms with Crippen molar-refractivity contribution in [3.63, 3.8) is 0 Å². The molecule has 0 saturated carbocycles. The van der Waals surface area contributed by atoms with Gasteiger partial charge in [-0.25, -0.2) is 10.2 Å². The van der Waals surface area contributed by atoms with Crippen LogP contribution in [0.25, 0.3) is 0 Å². The summed E-state index contributed by atoms with van der Waals surface area (Å²) in [6, 6.07) is 6.59. The Morgan fingerprint density at radius 1 is 1.16 bits per heavy atom. The maximum Gasteiger partial charge on any atom is 0.379 e. The van der Waals surface area contributed by atoms with E-state index in [-0.39, 0.29) is 11.7 Å². The van der Waals surface area contributed by atoms with Gasteiger partial charge >= 0.3 is 5.97 Å². The Balaban J connectivity index is 1.57. The minimum atomic E-state index is -0.592. The highest BCUT2D eigenvalue weighted by Crippen LogP contribution is 2.31. The molecule has 2 aromatic heterocycles. The van der Waals surface area contributed by atoms with E-state index in [1.54, 1.807) is 38.1 Å². The summed E-state index contributed by atoms with van der Waals surface area (Å²) < 4.78 is 16.5. The number of ether oxygens (including phenoxy) is 1. The van der Waals surface area contributed by atoms with Crippen LogP contribution < -0.4 is 10.2 Å². The predicted molar refractivity (Wildman–Crippen MR) is 115 cm³/mol. The van der Waals surface area contributed by atoms with Crippen LogP contribution in [0.15, 0.2) is 44.5 Å². The number of amides is 1. The molecule has 0 aliphatic heterocycles. The van der Waals surface area contributed by atoms with E-state index in [2.05, 4.69) is 10.5 Å². The second kappa shape index (κ2) is 8.43. The van der Waals surface area contributed by atoms with Crippen molar-refractivity contribution in [3.8, 4) is 5.75 Å². The van der Waals surface area contributed by atoms with Crippen molar-refractivity contribution in [1.29, 1.82) is 0 Å². The third-order valence-electron chi connectivity index (χ3n) is 5.25. The first-order chi connectivity index (χ1) is 14.8. The number of aryl methyl sites for hydroxylation is 3. The molecule has 2 heterocycles. The highest BCUT2D eigenvalue weighted by molar-refractivity contribution is 6.31. The summed E-state index contributed by atoms with van der Waals surface area (Å²) in [5.41, 5.74) is 5.85. The lowest BCUT2D eigenvalue weighted by Gasteiger charge is -2.13. The quantitative estimate of drug-likeness (QED) is 0.344. The van der Waals surface area contributed by atoms with Gasteiger partial charge in [0.2, 0.25) is 5.76 Å². The van der Waals surface area contributed by atoms with Gasteiger partial charge in [0.25, 0.3) is 5.91 Å².